The monoisotopic (exact) mass is 462 g/mol. The molecule has 0 saturated carbocycles. The Morgan fingerprint density at radius 2 is 1.70 bits per heavy atom. The first-order valence-corrected chi connectivity index (χ1v) is 11.9. The molecule has 0 spiro atoms. The van der Waals surface area contributed by atoms with Crippen LogP contribution in [0.1, 0.15) is 11.1 Å². The van der Waals surface area contributed by atoms with Crippen LogP contribution in [0.3, 0.4) is 0 Å². The minimum absolute atomic E-state index is 0.245. The van der Waals surface area contributed by atoms with E-state index in [1.165, 1.54) is 0 Å². The average molecular weight is 463 g/mol. The topological polar surface area (TPSA) is 122 Å². The Kier molecular flexibility index (Phi) is 5.89. The van der Waals surface area contributed by atoms with Crippen molar-refractivity contribution in [2.24, 2.45) is 5.73 Å². The van der Waals surface area contributed by atoms with Gasteiger partial charge < -0.3 is 16.4 Å². The zero-order valence-corrected chi connectivity index (χ0v) is 18.6. The number of hydrogen-bond acceptors (Lipinski definition) is 5. The lowest BCUT2D eigenvalue weighted by atomic mass is 10.00. The number of para-hydroxylation sites is 1. The van der Waals surface area contributed by atoms with Gasteiger partial charge in [-0.25, -0.2) is 8.42 Å². The Bertz CT molecular complexity index is 1370. The molecule has 1 aliphatic heterocycles. The molecule has 2 amide bonds. The number of fused-ring (bicyclic) bond motifs is 1. The van der Waals surface area contributed by atoms with E-state index in [0.29, 0.717) is 22.6 Å². The van der Waals surface area contributed by atoms with Gasteiger partial charge in [0, 0.05) is 16.9 Å². The minimum Gasteiger partial charge on any atom is -0.368 e. The van der Waals surface area contributed by atoms with Gasteiger partial charge in [-0.15, -0.1) is 0 Å². The van der Waals surface area contributed by atoms with Crippen molar-refractivity contribution in [3.63, 3.8) is 0 Å². The van der Waals surface area contributed by atoms with Gasteiger partial charge in [0.2, 0.25) is 15.9 Å². The van der Waals surface area contributed by atoms with Crippen LogP contribution in [0.5, 0.6) is 0 Å². The summed E-state index contributed by atoms with van der Waals surface area (Å²) in [5.41, 5.74) is 9.35. The highest BCUT2D eigenvalue weighted by Crippen LogP contribution is 2.37. The summed E-state index contributed by atoms with van der Waals surface area (Å²) in [6.45, 7) is -0.481. The van der Waals surface area contributed by atoms with E-state index in [-0.39, 0.29) is 11.6 Å². The second-order valence-electron chi connectivity index (χ2n) is 7.53. The number of amides is 2. The third kappa shape index (κ3) is 4.73. The summed E-state index contributed by atoms with van der Waals surface area (Å²) in [6.07, 6.45) is 1.01. The summed E-state index contributed by atoms with van der Waals surface area (Å²) in [6, 6.07) is 23.3. The number of nitrogens with two attached hydrogens (primary N) is 1. The van der Waals surface area contributed by atoms with E-state index < -0.39 is 22.5 Å². The molecule has 0 fully saturated rings. The molecule has 1 heterocycles. The van der Waals surface area contributed by atoms with E-state index in [1.807, 2.05) is 54.6 Å². The number of sulfonamides is 1. The predicted octanol–water partition coefficient (Wildman–Crippen LogP) is 2.87. The molecule has 0 radical (unpaired) electrons. The van der Waals surface area contributed by atoms with Gasteiger partial charge in [-0.1, -0.05) is 54.6 Å². The number of carbonyl (C=O) groups is 2. The van der Waals surface area contributed by atoms with E-state index in [9.17, 15) is 18.0 Å². The fourth-order valence-corrected chi connectivity index (χ4v) is 4.53. The molecule has 4 N–H and O–H groups in total. The largest absolute Gasteiger partial charge is 0.368 e. The lowest BCUT2D eigenvalue weighted by molar-refractivity contribution is -0.116. The Labute approximate surface area is 191 Å². The summed E-state index contributed by atoms with van der Waals surface area (Å²) in [4.78, 5) is 24.4. The van der Waals surface area contributed by atoms with Crippen LogP contribution in [-0.4, -0.2) is 33.0 Å². The van der Waals surface area contributed by atoms with E-state index in [2.05, 4.69) is 10.6 Å². The maximum Gasteiger partial charge on any atom is 0.258 e. The summed E-state index contributed by atoms with van der Waals surface area (Å²) in [5, 5.41) is 6.17. The van der Waals surface area contributed by atoms with Gasteiger partial charge in [0.1, 0.15) is 6.54 Å². The van der Waals surface area contributed by atoms with E-state index >= 15 is 0 Å². The van der Waals surface area contributed by atoms with Gasteiger partial charge >= 0.3 is 0 Å². The number of rotatable bonds is 7. The number of benzene rings is 3. The Morgan fingerprint density at radius 1 is 1.00 bits per heavy atom. The highest BCUT2D eigenvalue weighted by Gasteiger charge is 2.28. The number of carbonyl (C=O) groups excluding carboxylic acids is 2. The minimum atomic E-state index is -3.75. The molecular formula is C24H22N4O4S. The highest BCUT2D eigenvalue weighted by atomic mass is 32.2. The number of anilines is 3. The van der Waals surface area contributed by atoms with Crippen molar-refractivity contribution >= 4 is 50.2 Å². The lowest BCUT2D eigenvalue weighted by Gasteiger charge is -2.22. The second kappa shape index (κ2) is 8.79. The Balaban J connectivity index is 1.82. The number of primary amides is 1. The standard InChI is InChI=1S/C24H22N4O4S/c1-33(31,32)28(15-21(25)29)18-11-7-10-17(14-18)26-23(16-8-3-2-4-9-16)22-19-12-5-6-13-20(19)27-24(22)30/h2-14,26H,15H2,1H3,(H2,25,29)(H,27,30). The van der Waals surface area contributed by atoms with Crippen molar-refractivity contribution in [3.05, 3.63) is 90.0 Å². The maximum atomic E-state index is 12.9. The van der Waals surface area contributed by atoms with Crippen LogP contribution < -0.4 is 20.7 Å². The molecule has 3 aromatic carbocycles. The van der Waals surface area contributed by atoms with Gasteiger partial charge in [0.25, 0.3) is 5.91 Å². The predicted molar refractivity (Wildman–Crippen MR) is 130 cm³/mol. The van der Waals surface area contributed by atoms with E-state index in [1.54, 1.807) is 24.3 Å². The van der Waals surface area contributed by atoms with Crippen molar-refractivity contribution in [3.8, 4) is 0 Å². The first-order chi connectivity index (χ1) is 15.7. The maximum absolute atomic E-state index is 12.9. The van der Waals surface area contributed by atoms with Crippen LogP contribution in [0.25, 0.3) is 11.3 Å². The van der Waals surface area contributed by atoms with Gasteiger partial charge in [0.15, 0.2) is 0 Å². The van der Waals surface area contributed by atoms with Gasteiger partial charge in [-0.3, -0.25) is 13.9 Å². The number of hydrogen-bond donors (Lipinski definition) is 3. The smallest absolute Gasteiger partial charge is 0.258 e. The molecule has 168 valence electrons. The van der Waals surface area contributed by atoms with Crippen molar-refractivity contribution in [2.45, 2.75) is 0 Å². The summed E-state index contributed by atoms with van der Waals surface area (Å²) in [5.74, 6) is -1.02. The zero-order valence-electron chi connectivity index (χ0n) is 17.8. The lowest BCUT2D eigenvalue weighted by Crippen LogP contribution is -2.37. The second-order valence-corrected chi connectivity index (χ2v) is 9.43. The van der Waals surface area contributed by atoms with Crippen LogP contribution >= 0.6 is 0 Å². The Hall–Kier alpha value is -4.11. The Morgan fingerprint density at radius 3 is 2.39 bits per heavy atom. The first-order valence-electron chi connectivity index (χ1n) is 10.1. The van der Waals surface area contributed by atoms with Crippen molar-refractivity contribution < 1.29 is 18.0 Å². The molecule has 9 heteroatoms. The van der Waals surface area contributed by atoms with Crippen LogP contribution in [-0.2, 0) is 19.6 Å². The van der Waals surface area contributed by atoms with Crippen LogP contribution in [0, 0.1) is 0 Å². The molecule has 33 heavy (non-hydrogen) atoms. The molecule has 0 saturated heterocycles. The van der Waals surface area contributed by atoms with Gasteiger partial charge in [-0.05, 0) is 29.8 Å². The van der Waals surface area contributed by atoms with E-state index in [0.717, 1.165) is 21.7 Å². The summed E-state index contributed by atoms with van der Waals surface area (Å²) in [7, 11) is -3.75. The van der Waals surface area contributed by atoms with Crippen LogP contribution in [0.2, 0.25) is 0 Å². The molecule has 0 aliphatic carbocycles. The molecule has 1 aliphatic rings. The molecule has 0 aromatic heterocycles. The molecule has 0 atom stereocenters. The number of nitrogens with zero attached hydrogens (tertiary/aromatic N) is 1. The highest BCUT2D eigenvalue weighted by molar-refractivity contribution is 7.92. The summed E-state index contributed by atoms with van der Waals surface area (Å²) >= 11 is 0. The van der Waals surface area contributed by atoms with E-state index in [4.69, 9.17) is 5.73 Å². The summed E-state index contributed by atoms with van der Waals surface area (Å²) < 4.78 is 25.4. The van der Waals surface area contributed by atoms with Gasteiger partial charge in [-0.2, -0.15) is 0 Å². The normalized spacial score (nSPS) is 14.3. The molecule has 0 unspecified atom stereocenters. The quantitative estimate of drug-likeness (QED) is 0.466. The third-order valence-corrected chi connectivity index (χ3v) is 6.23. The number of nitrogens with one attached hydrogen (secondary N) is 2. The molecule has 0 bridgehead atoms. The third-order valence-electron chi connectivity index (χ3n) is 5.09. The average Bonchev–Trinajstić information content (AvgIpc) is 3.11. The molecule has 4 rings (SSSR count). The SMILES string of the molecule is CS(=O)(=O)N(CC(N)=O)c1cccc(NC(=C2C(=O)Nc3ccccc32)c2ccccc2)c1. The zero-order chi connectivity index (χ0) is 23.6. The van der Waals surface area contributed by atoms with Crippen molar-refractivity contribution in [1.82, 2.24) is 0 Å². The van der Waals surface area contributed by atoms with Crippen molar-refractivity contribution in [2.75, 3.05) is 27.7 Å². The molecular weight excluding hydrogens is 440 g/mol. The van der Waals surface area contributed by atoms with Crippen LogP contribution in [0.15, 0.2) is 78.9 Å². The van der Waals surface area contributed by atoms with Crippen molar-refractivity contribution in [1.29, 1.82) is 0 Å². The fraction of sp³-hybridized carbons (Fsp3) is 0.0833. The molecule has 3 aromatic rings. The molecule has 8 nitrogen and oxygen atoms in total. The first kappa shape index (κ1) is 22.1. The van der Waals surface area contributed by atoms with Crippen LogP contribution in [0.4, 0.5) is 17.1 Å². The van der Waals surface area contributed by atoms with Gasteiger partial charge in [0.05, 0.1) is 23.2 Å². The fourth-order valence-electron chi connectivity index (χ4n) is 3.67.